The number of hydrogen-bond donors (Lipinski definition) is 1. The third kappa shape index (κ3) is 2.76. The summed E-state index contributed by atoms with van der Waals surface area (Å²) in [6.07, 6.45) is 6.49. The molecule has 3 rings (SSSR count). The van der Waals surface area contributed by atoms with E-state index in [1.807, 2.05) is 6.07 Å². The number of rotatable bonds is 2. The summed E-state index contributed by atoms with van der Waals surface area (Å²) >= 11 is 0. The van der Waals surface area contributed by atoms with E-state index >= 15 is 0 Å². The van der Waals surface area contributed by atoms with Gasteiger partial charge < -0.3 is 10.0 Å². The lowest BCUT2D eigenvalue weighted by atomic mass is 9.91. The smallest absolute Gasteiger partial charge is 0.339 e. The molecule has 2 unspecified atom stereocenters. The van der Waals surface area contributed by atoms with Gasteiger partial charge in [0.15, 0.2) is 0 Å². The average Bonchev–Trinajstić information content (AvgIpc) is 2.46. The summed E-state index contributed by atoms with van der Waals surface area (Å²) in [5.41, 5.74) is 2.64. The van der Waals surface area contributed by atoms with E-state index in [2.05, 4.69) is 18.7 Å². The molecule has 1 fully saturated rings. The largest absolute Gasteiger partial charge is 0.478 e. The van der Waals surface area contributed by atoms with E-state index in [1.54, 1.807) is 0 Å². The van der Waals surface area contributed by atoms with Crippen LogP contribution in [0.2, 0.25) is 0 Å². The van der Waals surface area contributed by atoms with Gasteiger partial charge in [-0.15, -0.1) is 0 Å². The number of carboxylic acids is 1. The Bertz CT molecular complexity index is 556. The van der Waals surface area contributed by atoms with E-state index in [1.165, 1.54) is 6.42 Å². The Hall–Kier alpha value is -1.58. The third-order valence-corrected chi connectivity index (χ3v) is 4.92. The molecular weight excluding hydrogens is 264 g/mol. The quantitative estimate of drug-likeness (QED) is 0.907. The van der Waals surface area contributed by atoms with Crippen molar-refractivity contribution in [1.82, 2.24) is 4.98 Å². The average molecular weight is 288 g/mol. The Kier molecular flexibility index (Phi) is 3.87. The Morgan fingerprint density at radius 1 is 1.33 bits per heavy atom. The molecule has 1 aliphatic carbocycles. The van der Waals surface area contributed by atoms with Gasteiger partial charge in [0.25, 0.3) is 0 Å². The van der Waals surface area contributed by atoms with E-state index in [9.17, 15) is 9.90 Å². The first-order valence-electron chi connectivity index (χ1n) is 8.09. The van der Waals surface area contributed by atoms with Gasteiger partial charge in [0.1, 0.15) is 11.4 Å². The first kappa shape index (κ1) is 14.4. The predicted molar refractivity (Wildman–Crippen MR) is 83.0 cm³/mol. The molecule has 0 radical (unpaired) electrons. The van der Waals surface area contributed by atoms with Crippen molar-refractivity contribution in [1.29, 1.82) is 0 Å². The van der Waals surface area contributed by atoms with Crippen LogP contribution in [0.15, 0.2) is 6.07 Å². The molecule has 1 aromatic heterocycles. The van der Waals surface area contributed by atoms with Crippen molar-refractivity contribution in [2.45, 2.75) is 58.4 Å². The van der Waals surface area contributed by atoms with Crippen LogP contribution in [0.3, 0.4) is 0 Å². The van der Waals surface area contributed by atoms with Gasteiger partial charge in [-0.05, 0) is 63.0 Å². The highest BCUT2D eigenvalue weighted by atomic mass is 16.4. The fraction of sp³-hybridized carbons (Fsp3) is 0.647. The molecule has 21 heavy (non-hydrogen) atoms. The predicted octanol–water partition coefficient (Wildman–Crippen LogP) is 3.28. The maximum atomic E-state index is 11.7. The van der Waals surface area contributed by atoms with Crippen molar-refractivity contribution in [3.05, 3.63) is 22.9 Å². The zero-order chi connectivity index (χ0) is 15.0. The molecule has 0 aromatic carbocycles. The Morgan fingerprint density at radius 3 is 2.81 bits per heavy atom. The SMILES string of the molecule is CC1CCN(c2nc3c(cc2C(=O)O)CCCC3)C(C)C1. The fourth-order valence-electron chi connectivity index (χ4n) is 3.72. The minimum Gasteiger partial charge on any atom is -0.478 e. The summed E-state index contributed by atoms with van der Waals surface area (Å²) in [7, 11) is 0. The molecule has 114 valence electrons. The van der Waals surface area contributed by atoms with Crippen LogP contribution in [0.25, 0.3) is 0 Å². The molecule has 0 bridgehead atoms. The molecule has 0 amide bonds. The van der Waals surface area contributed by atoms with E-state index in [-0.39, 0.29) is 0 Å². The third-order valence-electron chi connectivity index (χ3n) is 4.92. The summed E-state index contributed by atoms with van der Waals surface area (Å²) in [6.45, 7) is 5.36. The lowest BCUT2D eigenvalue weighted by Gasteiger charge is -2.38. The van der Waals surface area contributed by atoms with Crippen molar-refractivity contribution < 1.29 is 9.90 Å². The molecule has 0 saturated carbocycles. The van der Waals surface area contributed by atoms with Crippen molar-refractivity contribution in [2.75, 3.05) is 11.4 Å². The fourth-order valence-corrected chi connectivity index (χ4v) is 3.72. The number of anilines is 1. The highest BCUT2D eigenvalue weighted by molar-refractivity contribution is 5.93. The summed E-state index contributed by atoms with van der Waals surface area (Å²) < 4.78 is 0. The standard InChI is InChI=1S/C17H24N2O2/c1-11-7-8-19(12(2)9-11)16-14(17(20)21)10-13-5-3-4-6-15(13)18-16/h10-12H,3-9H2,1-2H3,(H,20,21). The molecule has 2 atom stereocenters. The Balaban J connectivity index is 2.01. The minimum atomic E-state index is -0.850. The lowest BCUT2D eigenvalue weighted by Crippen LogP contribution is -2.41. The van der Waals surface area contributed by atoms with Crippen molar-refractivity contribution in [3.8, 4) is 0 Å². The Morgan fingerprint density at radius 2 is 2.10 bits per heavy atom. The van der Waals surface area contributed by atoms with Crippen LogP contribution in [-0.4, -0.2) is 28.6 Å². The summed E-state index contributed by atoms with van der Waals surface area (Å²) in [4.78, 5) is 18.6. The van der Waals surface area contributed by atoms with E-state index < -0.39 is 5.97 Å². The van der Waals surface area contributed by atoms with Crippen LogP contribution >= 0.6 is 0 Å². The number of pyridine rings is 1. The summed E-state index contributed by atoms with van der Waals surface area (Å²) in [6, 6.07) is 2.24. The van der Waals surface area contributed by atoms with Crippen LogP contribution in [-0.2, 0) is 12.8 Å². The number of carboxylic acid groups (broad SMARTS) is 1. The minimum absolute atomic E-state index is 0.362. The normalized spacial score (nSPS) is 25.5. The molecule has 4 heteroatoms. The molecule has 4 nitrogen and oxygen atoms in total. The van der Waals surface area contributed by atoms with Gasteiger partial charge in [-0.25, -0.2) is 9.78 Å². The van der Waals surface area contributed by atoms with Gasteiger partial charge in [0.05, 0.1) is 0 Å². The number of carbonyl (C=O) groups is 1. The molecule has 1 N–H and O–H groups in total. The molecule has 0 spiro atoms. The van der Waals surface area contributed by atoms with Crippen LogP contribution < -0.4 is 4.90 Å². The molecule has 1 aromatic rings. The zero-order valence-electron chi connectivity index (χ0n) is 12.9. The van der Waals surface area contributed by atoms with Gasteiger partial charge in [-0.3, -0.25) is 0 Å². The number of hydrogen-bond acceptors (Lipinski definition) is 3. The second-order valence-corrected chi connectivity index (χ2v) is 6.65. The van der Waals surface area contributed by atoms with Crippen molar-refractivity contribution in [2.24, 2.45) is 5.92 Å². The van der Waals surface area contributed by atoms with Gasteiger partial charge >= 0.3 is 5.97 Å². The molecule has 1 aliphatic heterocycles. The summed E-state index contributed by atoms with van der Waals surface area (Å²) in [5, 5.41) is 9.57. The van der Waals surface area contributed by atoms with Gasteiger partial charge in [-0.1, -0.05) is 6.92 Å². The highest BCUT2D eigenvalue weighted by Crippen LogP contribution is 2.32. The van der Waals surface area contributed by atoms with Crippen molar-refractivity contribution >= 4 is 11.8 Å². The molecular formula is C17H24N2O2. The van der Waals surface area contributed by atoms with Crippen LogP contribution in [0, 0.1) is 5.92 Å². The number of fused-ring (bicyclic) bond motifs is 1. The number of nitrogens with zero attached hydrogens (tertiary/aromatic N) is 2. The second-order valence-electron chi connectivity index (χ2n) is 6.65. The second kappa shape index (κ2) is 5.66. The highest BCUT2D eigenvalue weighted by Gasteiger charge is 2.29. The van der Waals surface area contributed by atoms with Crippen LogP contribution in [0.5, 0.6) is 0 Å². The number of aryl methyl sites for hydroxylation is 2. The number of aromatic nitrogens is 1. The summed E-state index contributed by atoms with van der Waals surface area (Å²) in [5.74, 6) is 0.557. The van der Waals surface area contributed by atoms with E-state index in [4.69, 9.17) is 4.98 Å². The number of aromatic carboxylic acids is 1. The molecule has 2 aliphatic rings. The van der Waals surface area contributed by atoms with Gasteiger partial charge in [-0.2, -0.15) is 0 Å². The first-order chi connectivity index (χ1) is 10.1. The topological polar surface area (TPSA) is 53.4 Å². The zero-order valence-corrected chi connectivity index (χ0v) is 12.9. The number of piperidine rings is 1. The van der Waals surface area contributed by atoms with Gasteiger partial charge in [0, 0.05) is 18.3 Å². The molecule has 2 heterocycles. The lowest BCUT2D eigenvalue weighted by molar-refractivity contribution is 0.0696. The van der Waals surface area contributed by atoms with Crippen molar-refractivity contribution in [3.63, 3.8) is 0 Å². The maximum Gasteiger partial charge on any atom is 0.339 e. The van der Waals surface area contributed by atoms with Gasteiger partial charge in [0.2, 0.25) is 0 Å². The Labute approximate surface area is 126 Å². The maximum absolute atomic E-state index is 11.7. The first-order valence-corrected chi connectivity index (χ1v) is 8.09. The molecule has 1 saturated heterocycles. The van der Waals surface area contributed by atoms with Crippen LogP contribution in [0.4, 0.5) is 5.82 Å². The van der Waals surface area contributed by atoms with E-state index in [0.717, 1.165) is 49.9 Å². The van der Waals surface area contributed by atoms with E-state index in [0.29, 0.717) is 23.3 Å². The van der Waals surface area contributed by atoms with Crippen LogP contribution in [0.1, 0.15) is 61.1 Å². The monoisotopic (exact) mass is 288 g/mol.